The Bertz CT molecular complexity index is 364. The Hall–Kier alpha value is -1.33. The number of nitrogens with one attached hydrogen (secondary N) is 1. The number of amides is 1. The topological polar surface area (TPSA) is 71.5 Å². The Labute approximate surface area is 101 Å². The molecule has 2 heterocycles. The molecule has 94 valence electrons. The van der Waals surface area contributed by atoms with Gasteiger partial charge >= 0.3 is 0 Å². The second-order valence-corrected chi connectivity index (χ2v) is 4.51. The van der Waals surface area contributed by atoms with Crippen molar-refractivity contribution in [2.24, 2.45) is 5.73 Å². The number of nitrogens with zero attached hydrogens (tertiary/aromatic N) is 1. The predicted molar refractivity (Wildman–Crippen MR) is 64.2 cm³/mol. The minimum Gasteiger partial charge on any atom is -0.468 e. The van der Waals surface area contributed by atoms with Gasteiger partial charge in [-0.2, -0.15) is 0 Å². The average Bonchev–Trinajstić information content (AvgIpc) is 2.76. The number of nitrogens with two attached hydrogens (primary N) is 1. The summed E-state index contributed by atoms with van der Waals surface area (Å²) < 4.78 is 5.33. The van der Waals surface area contributed by atoms with Crippen LogP contribution in [-0.2, 0) is 11.3 Å². The van der Waals surface area contributed by atoms with Crippen LogP contribution in [0.3, 0.4) is 0 Å². The van der Waals surface area contributed by atoms with Crippen molar-refractivity contribution in [1.29, 1.82) is 0 Å². The highest BCUT2D eigenvalue weighted by Crippen LogP contribution is 2.15. The number of hydrogen-bond donors (Lipinski definition) is 2. The van der Waals surface area contributed by atoms with E-state index in [-0.39, 0.29) is 18.0 Å². The minimum absolute atomic E-state index is 0.0701. The quantitative estimate of drug-likeness (QED) is 0.791. The molecule has 0 aliphatic carbocycles. The predicted octanol–water partition coefficient (Wildman–Crippen LogP) is 0.317. The van der Waals surface area contributed by atoms with Crippen LogP contribution in [0.15, 0.2) is 22.8 Å². The molecule has 3 N–H and O–H groups in total. The molecule has 2 atom stereocenters. The van der Waals surface area contributed by atoms with E-state index < -0.39 is 0 Å². The summed E-state index contributed by atoms with van der Waals surface area (Å²) in [6.07, 6.45) is 2.33. The Morgan fingerprint density at radius 1 is 1.65 bits per heavy atom. The molecule has 17 heavy (non-hydrogen) atoms. The zero-order chi connectivity index (χ0) is 12.3. The van der Waals surface area contributed by atoms with Gasteiger partial charge in [-0.15, -0.1) is 0 Å². The second-order valence-electron chi connectivity index (χ2n) is 4.51. The van der Waals surface area contributed by atoms with Crippen LogP contribution in [0.4, 0.5) is 0 Å². The van der Waals surface area contributed by atoms with E-state index >= 15 is 0 Å². The molecule has 5 nitrogen and oxygen atoms in total. The van der Waals surface area contributed by atoms with Gasteiger partial charge in [0.05, 0.1) is 18.8 Å². The maximum absolute atomic E-state index is 11.9. The zero-order valence-corrected chi connectivity index (χ0v) is 10.1. The molecule has 0 spiro atoms. The summed E-state index contributed by atoms with van der Waals surface area (Å²) in [5.74, 6) is 0.953. The average molecular weight is 237 g/mol. The van der Waals surface area contributed by atoms with E-state index in [1.54, 1.807) is 6.26 Å². The molecule has 0 saturated carbocycles. The van der Waals surface area contributed by atoms with Crippen LogP contribution in [0.25, 0.3) is 0 Å². The summed E-state index contributed by atoms with van der Waals surface area (Å²) >= 11 is 0. The van der Waals surface area contributed by atoms with Gasteiger partial charge in [-0.25, -0.2) is 0 Å². The molecular formula is C12H19N3O2. The number of hydrogen-bond acceptors (Lipinski definition) is 4. The number of rotatable bonds is 4. The van der Waals surface area contributed by atoms with Gasteiger partial charge < -0.3 is 15.5 Å². The van der Waals surface area contributed by atoms with Crippen LogP contribution < -0.4 is 11.1 Å². The standard InChI is InChI=1S/C12H19N3O2/c1-9-7-15(8-10-3-2-6-17-10)11(4-5-13)12(16)14-9/h2-3,6,9,11H,4-5,7-8,13H2,1H3,(H,14,16). The monoisotopic (exact) mass is 237 g/mol. The number of carbonyl (C=O) groups is 1. The fraction of sp³-hybridized carbons (Fsp3) is 0.583. The second kappa shape index (κ2) is 5.33. The van der Waals surface area contributed by atoms with Gasteiger partial charge in [0.2, 0.25) is 5.91 Å². The van der Waals surface area contributed by atoms with Gasteiger partial charge in [0.15, 0.2) is 0 Å². The summed E-state index contributed by atoms with van der Waals surface area (Å²) in [5.41, 5.74) is 5.56. The highest BCUT2D eigenvalue weighted by Gasteiger charge is 2.32. The normalized spacial score (nSPS) is 25.9. The molecule has 0 bridgehead atoms. The van der Waals surface area contributed by atoms with Crippen LogP contribution in [0, 0.1) is 0 Å². The SMILES string of the molecule is CC1CN(Cc2ccco2)C(CCN)C(=O)N1. The van der Waals surface area contributed by atoms with Crippen LogP contribution in [0.1, 0.15) is 19.1 Å². The summed E-state index contributed by atoms with van der Waals surface area (Å²) in [6.45, 7) is 4.01. The Morgan fingerprint density at radius 3 is 3.12 bits per heavy atom. The fourth-order valence-corrected chi connectivity index (χ4v) is 2.28. The van der Waals surface area contributed by atoms with Crippen molar-refractivity contribution in [2.75, 3.05) is 13.1 Å². The Kier molecular flexibility index (Phi) is 3.81. The van der Waals surface area contributed by atoms with E-state index in [1.165, 1.54) is 0 Å². The van der Waals surface area contributed by atoms with E-state index in [0.29, 0.717) is 19.5 Å². The molecule has 1 aromatic heterocycles. The third kappa shape index (κ3) is 2.87. The summed E-state index contributed by atoms with van der Waals surface area (Å²) in [6, 6.07) is 3.82. The highest BCUT2D eigenvalue weighted by atomic mass is 16.3. The third-order valence-electron chi connectivity index (χ3n) is 3.02. The minimum atomic E-state index is -0.138. The molecular weight excluding hydrogens is 218 g/mol. The van der Waals surface area contributed by atoms with Crippen LogP contribution in [0.2, 0.25) is 0 Å². The van der Waals surface area contributed by atoms with Crippen molar-refractivity contribution in [3.63, 3.8) is 0 Å². The summed E-state index contributed by atoms with van der Waals surface area (Å²) in [5, 5.41) is 2.96. The lowest BCUT2D eigenvalue weighted by Gasteiger charge is -2.37. The maximum Gasteiger partial charge on any atom is 0.237 e. The van der Waals surface area contributed by atoms with Gasteiger partial charge in [-0.3, -0.25) is 9.69 Å². The van der Waals surface area contributed by atoms with Crippen LogP contribution >= 0.6 is 0 Å². The molecule has 1 aliphatic heterocycles. The fourth-order valence-electron chi connectivity index (χ4n) is 2.28. The van der Waals surface area contributed by atoms with E-state index in [1.807, 2.05) is 19.1 Å². The molecule has 1 saturated heterocycles. The van der Waals surface area contributed by atoms with Gasteiger partial charge in [-0.05, 0) is 32.0 Å². The van der Waals surface area contributed by atoms with Crippen molar-refractivity contribution in [3.05, 3.63) is 24.2 Å². The lowest BCUT2D eigenvalue weighted by molar-refractivity contribution is -0.131. The molecule has 2 rings (SSSR count). The first-order chi connectivity index (χ1) is 8.20. The third-order valence-corrected chi connectivity index (χ3v) is 3.02. The van der Waals surface area contributed by atoms with Crippen molar-refractivity contribution >= 4 is 5.91 Å². The highest BCUT2D eigenvalue weighted by molar-refractivity contribution is 5.82. The van der Waals surface area contributed by atoms with Gasteiger partial charge in [-0.1, -0.05) is 0 Å². The van der Waals surface area contributed by atoms with Crippen molar-refractivity contribution in [3.8, 4) is 0 Å². The van der Waals surface area contributed by atoms with Crippen molar-refractivity contribution in [2.45, 2.75) is 32.0 Å². The van der Waals surface area contributed by atoms with Crippen LogP contribution in [-0.4, -0.2) is 36.0 Å². The van der Waals surface area contributed by atoms with E-state index in [2.05, 4.69) is 10.2 Å². The number of furan rings is 1. The maximum atomic E-state index is 11.9. The van der Waals surface area contributed by atoms with E-state index in [0.717, 1.165) is 12.3 Å². The molecule has 1 fully saturated rings. The first-order valence-electron chi connectivity index (χ1n) is 5.97. The van der Waals surface area contributed by atoms with Crippen molar-refractivity contribution < 1.29 is 9.21 Å². The lowest BCUT2D eigenvalue weighted by Crippen LogP contribution is -2.59. The van der Waals surface area contributed by atoms with E-state index in [4.69, 9.17) is 10.2 Å². The first kappa shape index (κ1) is 12.1. The molecule has 2 unspecified atom stereocenters. The number of carbonyl (C=O) groups excluding carboxylic acids is 1. The molecule has 5 heteroatoms. The summed E-state index contributed by atoms with van der Waals surface area (Å²) in [4.78, 5) is 14.0. The smallest absolute Gasteiger partial charge is 0.237 e. The van der Waals surface area contributed by atoms with Gasteiger partial charge in [0, 0.05) is 12.6 Å². The first-order valence-corrected chi connectivity index (χ1v) is 5.97. The largest absolute Gasteiger partial charge is 0.468 e. The molecule has 1 aliphatic rings. The van der Waals surface area contributed by atoms with E-state index in [9.17, 15) is 4.79 Å². The molecule has 0 radical (unpaired) electrons. The molecule has 1 amide bonds. The number of piperazine rings is 1. The van der Waals surface area contributed by atoms with Crippen molar-refractivity contribution in [1.82, 2.24) is 10.2 Å². The van der Waals surface area contributed by atoms with Crippen LogP contribution in [0.5, 0.6) is 0 Å². The Balaban J connectivity index is 2.07. The van der Waals surface area contributed by atoms with Gasteiger partial charge in [0.25, 0.3) is 0 Å². The molecule has 0 aromatic carbocycles. The Morgan fingerprint density at radius 2 is 2.47 bits per heavy atom. The van der Waals surface area contributed by atoms with Gasteiger partial charge in [0.1, 0.15) is 5.76 Å². The lowest BCUT2D eigenvalue weighted by atomic mass is 10.1. The molecule has 1 aromatic rings. The zero-order valence-electron chi connectivity index (χ0n) is 10.1. The summed E-state index contributed by atoms with van der Waals surface area (Å²) in [7, 11) is 0.